The van der Waals surface area contributed by atoms with Crippen LogP contribution in [0, 0.1) is 0 Å². The van der Waals surface area contributed by atoms with E-state index >= 15 is 0 Å². The summed E-state index contributed by atoms with van der Waals surface area (Å²) < 4.78 is 6.24. The third kappa shape index (κ3) is 4.96. The van der Waals surface area contributed by atoms with Crippen LogP contribution < -0.4 is 0 Å². The minimum Gasteiger partial charge on any atom is -0.456 e. The number of hydrogen-bond donors (Lipinski definition) is 0. The monoisotopic (exact) mass is 651 g/mol. The Morgan fingerprint density at radius 3 is 1.69 bits per heavy atom. The van der Waals surface area contributed by atoms with Gasteiger partial charge in [0.2, 0.25) is 0 Å². The van der Waals surface area contributed by atoms with E-state index in [0.29, 0.717) is 17.5 Å². The van der Waals surface area contributed by atoms with Gasteiger partial charge in [-0.05, 0) is 62.0 Å². The normalized spacial score (nSPS) is 11.5. The fraction of sp³-hybridized carbons (Fsp3) is 0. The van der Waals surface area contributed by atoms with Crippen LogP contribution in [0.3, 0.4) is 0 Å². The van der Waals surface area contributed by atoms with Gasteiger partial charge in [0.15, 0.2) is 17.5 Å². The number of hydrogen-bond acceptors (Lipinski definition) is 4. The first-order valence-corrected chi connectivity index (χ1v) is 17.1. The molecule has 0 aliphatic carbocycles. The second-order valence-corrected chi connectivity index (χ2v) is 12.8. The van der Waals surface area contributed by atoms with E-state index in [1.54, 1.807) is 0 Å². The average Bonchev–Trinajstić information content (AvgIpc) is 3.60. The van der Waals surface area contributed by atoms with Gasteiger partial charge in [0.05, 0.1) is 0 Å². The molecule has 0 amide bonds. The van der Waals surface area contributed by atoms with Gasteiger partial charge in [-0.3, -0.25) is 0 Å². The Balaban J connectivity index is 1.18. The molecule has 0 N–H and O–H groups in total. The molecule has 10 rings (SSSR count). The number of furan rings is 1. The highest BCUT2D eigenvalue weighted by Gasteiger charge is 2.19. The molecule has 0 fully saturated rings. The van der Waals surface area contributed by atoms with E-state index < -0.39 is 0 Å². The van der Waals surface area contributed by atoms with Gasteiger partial charge in [-0.25, -0.2) is 15.0 Å². The van der Waals surface area contributed by atoms with Crippen LogP contribution in [0.25, 0.3) is 99.9 Å². The molecule has 0 saturated carbocycles. The summed E-state index contributed by atoms with van der Waals surface area (Å²) in [4.78, 5) is 15.3. The molecule has 10 aromatic rings. The molecule has 0 atom stereocenters. The maximum atomic E-state index is 6.24. The first kappa shape index (κ1) is 29.0. The molecule has 0 saturated heterocycles. The van der Waals surface area contributed by atoms with Crippen LogP contribution in [0.1, 0.15) is 0 Å². The highest BCUT2D eigenvalue weighted by atomic mass is 16.3. The average molecular weight is 652 g/mol. The maximum absolute atomic E-state index is 6.24. The Hall–Kier alpha value is -6.91. The second-order valence-electron chi connectivity index (χ2n) is 12.8. The van der Waals surface area contributed by atoms with Gasteiger partial charge in [0, 0.05) is 27.5 Å². The lowest BCUT2D eigenvalue weighted by Crippen LogP contribution is -2.00. The van der Waals surface area contributed by atoms with Crippen LogP contribution in [0.4, 0.5) is 0 Å². The van der Waals surface area contributed by atoms with Gasteiger partial charge in [0.25, 0.3) is 0 Å². The summed E-state index contributed by atoms with van der Waals surface area (Å²) in [5.41, 5.74) is 9.18. The molecule has 2 heterocycles. The molecule has 51 heavy (non-hydrogen) atoms. The van der Waals surface area contributed by atoms with Gasteiger partial charge in [-0.2, -0.15) is 0 Å². The number of para-hydroxylation sites is 1. The Morgan fingerprint density at radius 1 is 0.314 bits per heavy atom. The zero-order chi connectivity index (χ0) is 33.7. The third-order valence-electron chi connectivity index (χ3n) is 9.75. The van der Waals surface area contributed by atoms with Crippen molar-refractivity contribution in [2.45, 2.75) is 0 Å². The summed E-state index contributed by atoms with van der Waals surface area (Å²) >= 11 is 0. The van der Waals surface area contributed by atoms with Crippen molar-refractivity contribution in [3.05, 3.63) is 176 Å². The number of rotatable bonds is 5. The predicted molar refractivity (Wildman–Crippen MR) is 209 cm³/mol. The van der Waals surface area contributed by atoms with Gasteiger partial charge in [-0.15, -0.1) is 0 Å². The molecule has 0 aliphatic heterocycles. The summed E-state index contributed by atoms with van der Waals surface area (Å²) in [6.07, 6.45) is 0. The lowest BCUT2D eigenvalue weighted by molar-refractivity contribution is 0.669. The molecular formula is C47H29N3O. The number of benzene rings is 8. The van der Waals surface area contributed by atoms with Crippen molar-refractivity contribution in [2.75, 3.05) is 0 Å². The smallest absolute Gasteiger partial charge is 0.164 e. The summed E-state index contributed by atoms with van der Waals surface area (Å²) in [6.45, 7) is 0. The number of fused-ring (bicyclic) bond motifs is 5. The first-order valence-electron chi connectivity index (χ1n) is 17.1. The van der Waals surface area contributed by atoms with E-state index in [0.717, 1.165) is 55.0 Å². The molecule has 0 aliphatic rings. The van der Waals surface area contributed by atoms with Gasteiger partial charge in [-0.1, -0.05) is 158 Å². The van der Waals surface area contributed by atoms with Gasteiger partial charge < -0.3 is 4.42 Å². The number of aromatic nitrogens is 3. The Kier molecular flexibility index (Phi) is 6.78. The van der Waals surface area contributed by atoms with Crippen molar-refractivity contribution < 1.29 is 4.42 Å². The van der Waals surface area contributed by atoms with Gasteiger partial charge in [0.1, 0.15) is 11.2 Å². The van der Waals surface area contributed by atoms with Crippen LogP contribution in [0.15, 0.2) is 180 Å². The van der Waals surface area contributed by atoms with Gasteiger partial charge >= 0.3 is 0 Å². The van der Waals surface area contributed by atoms with Crippen molar-refractivity contribution in [1.29, 1.82) is 0 Å². The maximum Gasteiger partial charge on any atom is 0.164 e. The van der Waals surface area contributed by atoms with Crippen LogP contribution in [-0.2, 0) is 0 Å². The van der Waals surface area contributed by atoms with Crippen molar-refractivity contribution >= 4 is 43.5 Å². The Morgan fingerprint density at radius 2 is 0.882 bits per heavy atom. The third-order valence-corrected chi connectivity index (χ3v) is 9.75. The standard InChI is InChI=1S/C47H29N3O/c1-3-13-30(14-4-1)34-27-28-38(36-19-8-7-18-35(34)36)37-21-11-17-31-25-26-33(29-41(31)37)46-48-45(32-15-5-2-6-16-32)49-47(50-46)40-22-12-24-43-44(40)39-20-9-10-23-42(39)51-43/h1-29H. The number of nitrogens with zero attached hydrogens (tertiary/aromatic N) is 3. The summed E-state index contributed by atoms with van der Waals surface area (Å²) in [5, 5.41) is 6.76. The minimum absolute atomic E-state index is 0.604. The summed E-state index contributed by atoms with van der Waals surface area (Å²) in [7, 11) is 0. The first-order chi connectivity index (χ1) is 25.3. The fourth-order valence-corrected chi connectivity index (χ4v) is 7.35. The molecule has 8 aromatic carbocycles. The van der Waals surface area contributed by atoms with Crippen molar-refractivity contribution in [3.8, 4) is 56.4 Å². The fourth-order valence-electron chi connectivity index (χ4n) is 7.35. The largest absolute Gasteiger partial charge is 0.456 e. The SMILES string of the molecule is c1ccc(-c2nc(-c3ccc4cccc(-c5ccc(-c6ccccc6)c6ccccc56)c4c3)nc(-c3cccc4oc5ccccc5c34)n2)cc1. The highest BCUT2D eigenvalue weighted by Crippen LogP contribution is 2.40. The van der Waals surface area contributed by atoms with E-state index in [9.17, 15) is 0 Å². The molecular weight excluding hydrogens is 623 g/mol. The summed E-state index contributed by atoms with van der Waals surface area (Å²) in [5.74, 6) is 1.84. The Bertz CT molecular complexity index is 2910. The quantitative estimate of drug-likeness (QED) is 0.186. The zero-order valence-corrected chi connectivity index (χ0v) is 27.5. The predicted octanol–water partition coefficient (Wildman–Crippen LogP) is 12.4. The van der Waals surface area contributed by atoms with E-state index in [4.69, 9.17) is 19.4 Å². The highest BCUT2D eigenvalue weighted by molar-refractivity contribution is 6.12. The zero-order valence-electron chi connectivity index (χ0n) is 27.5. The lowest BCUT2D eigenvalue weighted by atomic mass is 9.89. The van der Waals surface area contributed by atoms with E-state index in [-0.39, 0.29) is 0 Å². The molecule has 0 radical (unpaired) electrons. The van der Waals surface area contributed by atoms with Crippen LogP contribution in [-0.4, -0.2) is 15.0 Å². The van der Waals surface area contributed by atoms with Crippen molar-refractivity contribution in [1.82, 2.24) is 15.0 Å². The molecule has 2 aromatic heterocycles. The summed E-state index contributed by atoms with van der Waals surface area (Å²) in [6, 6.07) is 61.1. The molecule has 0 spiro atoms. The Labute approximate surface area is 294 Å². The van der Waals surface area contributed by atoms with Crippen LogP contribution >= 0.6 is 0 Å². The minimum atomic E-state index is 0.604. The molecule has 4 nitrogen and oxygen atoms in total. The lowest BCUT2D eigenvalue weighted by Gasteiger charge is -2.15. The topological polar surface area (TPSA) is 51.8 Å². The van der Waals surface area contributed by atoms with Crippen LogP contribution in [0.2, 0.25) is 0 Å². The van der Waals surface area contributed by atoms with Crippen LogP contribution in [0.5, 0.6) is 0 Å². The van der Waals surface area contributed by atoms with E-state index in [2.05, 4.69) is 115 Å². The molecule has 4 heteroatoms. The molecule has 0 bridgehead atoms. The van der Waals surface area contributed by atoms with Crippen molar-refractivity contribution in [3.63, 3.8) is 0 Å². The second kappa shape index (κ2) is 11.9. The van der Waals surface area contributed by atoms with E-state index in [1.165, 1.54) is 27.5 Å². The molecule has 238 valence electrons. The molecule has 0 unspecified atom stereocenters. The van der Waals surface area contributed by atoms with E-state index in [1.807, 2.05) is 60.7 Å². The van der Waals surface area contributed by atoms with Crippen molar-refractivity contribution in [2.24, 2.45) is 0 Å².